The topological polar surface area (TPSA) is 101 Å². The maximum atomic E-state index is 12.3. The molecule has 0 atom stereocenters. The molecule has 0 unspecified atom stereocenters. The quantitative estimate of drug-likeness (QED) is 0.585. The first kappa shape index (κ1) is 17.7. The van der Waals surface area contributed by atoms with E-state index in [4.69, 9.17) is 0 Å². The molecule has 0 aliphatic heterocycles. The third-order valence-corrected chi connectivity index (χ3v) is 5.68. The zero-order valence-corrected chi connectivity index (χ0v) is 14.0. The van der Waals surface area contributed by atoms with Gasteiger partial charge in [-0.1, -0.05) is 0 Å². The molecule has 0 aliphatic rings. The average Bonchev–Trinajstić information content (AvgIpc) is 2.44. The monoisotopic (exact) mass is 333 g/mol. The van der Waals surface area contributed by atoms with E-state index < -0.39 is 14.9 Å². The number of hydrogen-bond donors (Lipinski definition) is 2. The van der Waals surface area contributed by atoms with Crippen LogP contribution in [0.3, 0.4) is 0 Å². The smallest absolute Gasteiger partial charge is 0.271 e. The summed E-state index contributed by atoms with van der Waals surface area (Å²) in [7, 11) is -2.22. The van der Waals surface area contributed by atoms with Crippen LogP contribution in [-0.2, 0) is 10.0 Å². The number of benzene rings is 1. The van der Waals surface area contributed by atoms with Crippen molar-refractivity contribution in [2.75, 3.05) is 25.2 Å². The van der Waals surface area contributed by atoms with E-state index >= 15 is 0 Å². The van der Waals surface area contributed by atoms with E-state index in [-0.39, 0.29) is 27.6 Å². The molecule has 1 aromatic rings. The van der Waals surface area contributed by atoms with Crippen molar-refractivity contribution in [3.05, 3.63) is 28.3 Å². The minimum Gasteiger partial charge on any atom is -0.387 e. The average molecular weight is 333 g/mol. The number of nitrogens with zero attached hydrogens (tertiary/aromatic N) is 1. The molecule has 2 N–H and O–H groups in total. The van der Waals surface area contributed by atoms with Crippen LogP contribution in [0.25, 0.3) is 0 Å². The van der Waals surface area contributed by atoms with Gasteiger partial charge >= 0.3 is 0 Å². The Labute approximate surface area is 128 Å². The number of rotatable bonds is 7. The van der Waals surface area contributed by atoms with Gasteiger partial charge in [0.1, 0.15) is 4.90 Å². The van der Waals surface area contributed by atoms with Crippen LogP contribution in [-0.4, -0.2) is 37.9 Å². The predicted molar refractivity (Wildman–Crippen MR) is 85.4 cm³/mol. The van der Waals surface area contributed by atoms with E-state index in [9.17, 15) is 18.5 Å². The molecule has 1 aromatic carbocycles. The molecule has 1 rings (SSSR count). The van der Waals surface area contributed by atoms with E-state index in [0.29, 0.717) is 0 Å². The van der Waals surface area contributed by atoms with Crippen molar-refractivity contribution < 1.29 is 13.3 Å². The van der Waals surface area contributed by atoms with Crippen molar-refractivity contribution in [3.8, 4) is 0 Å². The summed E-state index contributed by atoms with van der Waals surface area (Å²) in [5.41, 5.74) is 0.0291. The highest BCUT2D eigenvalue weighted by Crippen LogP contribution is 2.27. The molecule has 0 aromatic heterocycles. The predicted octanol–water partition coefficient (Wildman–Crippen LogP) is 2.06. The van der Waals surface area contributed by atoms with Gasteiger partial charge in [-0.15, -0.1) is 0 Å². The van der Waals surface area contributed by atoms with Crippen molar-refractivity contribution >= 4 is 33.2 Å². The minimum absolute atomic E-state index is 0.00694. The highest BCUT2D eigenvalue weighted by Gasteiger charge is 2.24. The SMILES string of the molecule is CNc1cc([N+](=O)[O-])ccc1S(=O)(=O)NCC(C)(C)SC. The number of nitro groups is 1. The lowest BCUT2D eigenvalue weighted by Crippen LogP contribution is -2.36. The maximum Gasteiger partial charge on any atom is 0.271 e. The number of anilines is 1. The van der Waals surface area contributed by atoms with Crippen LogP contribution in [0, 0.1) is 10.1 Å². The molecule has 0 saturated heterocycles. The van der Waals surface area contributed by atoms with Gasteiger partial charge in [0, 0.05) is 30.5 Å². The molecule has 0 radical (unpaired) electrons. The fourth-order valence-electron chi connectivity index (χ4n) is 1.48. The zero-order chi connectivity index (χ0) is 16.3. The van der Waals surface area contributed by atoms with E-state index in [2.05, 4.69) is 10.0 Å². The van der Waals surface area contributed by atoms with Gasteiger partial charge in [-0.05, 0) is 26.2 Å². The third-order valence-electron chi connectivity index (χ3n) is 2.97. The van der Waals surface area contributed by atoms with Crippen molar-refractivity contribution in [1.29, 1.82) is 0 Å². The Morgan fingerprint density at radius 2 is 2.00 bits per heavy atom. The standard InChI is InChI=1S/C12H19N3O4S2/c1-12(2,20-4)8-14-21(18,19)11-6-5-9(15(16)17)7-10(11)13-3/h5-7,13-14H,8H2,1-4H3. The van der Waals surface area contributed by atoms with Gasteiger partial charge in [-0.2, -0.15) is 11.8 Å². The number of non-ortho nitro benzene ring substituents is 1. The second-order valence-electron chi connectivity index (χ2n) is 4.98. The number of nitrogens with one attached hydrogen (secondary N) is 2. The van der Waals surface area contributed by atoms with Crippen LogP contribution in [0.5, 0.6) is 0 Å². The van der Waals surface area contributed by atoms with Gasteiger partial charge in [0.25, 0.3) is 5.69 Å². The minimum atomic E-state index is -3.74. The van der Waals surface area contributed by atoms with Gasteiger partial charge < -0.3 is 5.32 Å². The number of sulfonamides is 1. The fraction of sp³-hybridized carbons (Fsp3) is 0.500. The maximum absolute atomic E-state index is 12.3. The van der Waals surface area contributed by atoms with Gasteiger partial charge in [-0.3, -0.25) is 10.1 Å². The first-order valence-electron chi connectivity index (χ1n) is 6.14. The molecule has 0 aliphatic carbocycles. The first-order chi connectivity index (χ1) is 9.63. The molecule has 0 bridgehead atoms. The van der Waals surface area contributed by atoms with Crippen molar-refractivity contribution in [3.63, 3.8) is 0 Å². The summed E-state index contributed by atoms with van der Waals surface area (Å²) in [5, 5.41) is 13.4. The highest BCUT2D eigenvalue weighted by atomic mass is 32.2. The van der Waals surface area contributed by atoms with E-state index in [0.717, 1.165) is 0 Å². The van der Waals surface area contributed by atoms with Crippen molar-refractivity contribution in [2.45, 2.75) is 23.5 Å². The summed E-state index contributed by atoms with van der Waals surface area (Å²) in [5.74, 6) is 0. The molecular formula is C12H19N3O4S2. The van der Waals surface area contributed by atoms with Gasteiger partial charge in [-0.25, -0.2) is 13.1 Å². The fourth-order valence-corrected chi connectivity index (χ4v) is 3.19. The van der Waals surface area contributed by atoms with E-state index in [1.165, 1.54) is 25.2 Å². The Balaban J connectivity index is 3.11. The lowest BCUT2D eigenvalue weighted by atomic mass is 10.2. The summed E-state index contributed by atoms with van der Waals surface area (Å²) in [6, 6.07) is 3.61. The Kier molecular flexibility index (Phi) is 5.60. The largest absolute Gasteiger partial charge is 0.387 e. The summed E-state index contributed by atoms with van der Waals surface area (Å²) in [4.78, 5) is 10.2. The second kappa shape index (κ2) is 6.63. The first-order valence-corrected chi connectivity index (χ1v) is 8.85. The molecule has 0 saturated carbocycles. The van der Waals surface area contributed by atoms with Crippen LogP contribution < -0.4 is 10.0 Å². The number of hydrogen-bond acceptors (Lipinski definition) is 6. The normalized spacial score (nSPS) is 12.2. The molecule has 21 heavy (non-hydrogen) atoms. The molecule has 0 heterocycles. The highest BCUT2D eigenvalue weighted by molar-refractivity contribution is 8.00. The Bertz CT molecular complexity index is 629. The van der Waals surface area contributed by atoms with Crippen LogP contribution in [0.1, 0.15) is 13.8 Å². The van der Waals surface area contributed by atoms with Crippen LogP contribution >= 0.6 is 11.8 Å². The molecule has 0 fully saturated rings. The summed E-state index contributed by atoms with van der Waals surface area (Å²) in [6.07, 6.45) is 1.90. The Morgan fingerprint density at radius 1 is 1.38 bits per heavy atom. The van der Waals surface area contributed by atoms with Gasteiger partial charge in [0.05, 0.1) is 10.6 Å². The third kappa shape index (κ3) is 4.58. The lowest BCUT2D eigenvalue weighted by molar-refractivity contribution is -0.384. The summed E-state index contributed by atoms with van der Waals surface area (Å²) >= 11 is 1.55. The van der Waals surface area contributed by atoms with Crippen molar-refractivity contribution in [1.82, 2.24) is 4.72 Å². The van der Waals surface area contributed by atoms with Crippen molar-refractivity contribution in [2.24, 2.45) is 0 Å². The van der Waals surface area contributed by atoms with Crippen LogP contribution in [0.4, 0.5) is 11.4 Å². The molecule has 0 spiro atoms. The number of nitro benzene ring substituents is 1. The molecule has 118 valence electrons. The zero-order valence-electron chi connectivity index (χ0n) is 12.3. The molecule has 9 heteroatoms. The Morgan fingerprint density at radius 3 is 2.48 bits per heavy atom. The molecule has 7 nitrogen and oxygen atoms in total. The Hall–Kier alpha value is -1.32. The second-order valence-corrected chi connectivity index (χ2v) is 8.22. The number of thioether (sulfide) groups is 1. The van der Waals surface area contributed by atoms with Crippen LogP contribution in [0.15, 0.2) is 23.1 Å². The summed E-state index contributed by atoms with van der Waals surface area (Å²) in [6.45, 7) is 4.11. The van der Waals surface area contributed by atoms with E-state index in [1.807, 2.05) is 20.1 Å². The van der Waals surface area contributed by atoms with Gasteiger partial charge in [0.15, 0.2) is 0 Å². The molecular weight excluding hydrogens is 314 g/mol. The lowest BCUT2D eigenvalue weighted by Gasteiger charge is -2.22. The summed E-state index contributed by atoms with van der Waals surface area (Å²) < 4.78 is 26.9. The molecule has 0 amide bonds. The van der Waals surface area contributed by atoms with Crippen LogP contribution in [0.2, 0.25) is 0 Å². The van der Waals surface area contributed by atoms with Gasteiger partial charge in [0.2, 0.25) is 10.0 Å². The van der Waals surface area contributed by atoms with E-state index in [1.54, 1.807) is 11.8 Å².